The van der Waals surface area contributed by atoms with Crippen LogP contribution in [0.2, 0.25) is 0 Å². The van der Waals surface area contributed by atoms with Crippen molar-refractivity contribution in [1.29, 1.82) is 0 Å². The number of nitrogen functional groups attached to an aromatic ring is 1. The van der Waals surface area contributed by atoms with Gasteiger partial charge in [-0.15, -0.1) is 0 Å². The normalized spacial score (nSPS) is 29.2. The number of aryl methyl sites for hydroxylation is 1. The van der Waals surface area contributed by atoms with Crippen molar-refractivity contribution in [3.8, 4) is 0 Å². The van der Waals surface area contributed by atoms with Crippen LogP contribution < -0.4 is 5.73 Å². The van der Waals surface area contributed by atoms with Crippen LogP contribution in [0, 0.1) is 5.92 Å². The van der Waals surface area contributed by atoms with Crippen LogP contribution in [0.3, 0.4) is 0 Å². The molecule has 0 bridgehead atoms. The SMILES string of the molecule is Nc1ccc2c(c1)CCC2(O)C1CCCCC1. The van der Waals surface area contributed by atoms with Gasteiger partial charge < -0.3 is 10.8 Å². The minimum Gasteiger partial charge on any atom is -0.399 e. The number of aliphatic hydroxyl groups is 1. The number of anilines is 1. The summed E-state index contributed by atoms with van der Waals surface area (Å²) in [7, 11) is 0. The molecule has 0 spiro atoms. The second-order valence-electron chi connectivity index (χ2n) is 5.68. The molecule has 1 unspecified atom stereocenters. The van der Waals surface area contributed by atoms with Gasteiger partial charge >= 0.3 is 0 Å². The average molecular weight is 231 g/mol. The largest absolute Gasteiger partial charge is 0.399 e. The van der Waals surface area contributed by atoms with Crippen molar-refractivity contribution >= 4 is 5.69 Å². The molecule has 1 atom stereocenters. The molecule has 17 heavy (non-hydrogen) atoms. The first-order valence-corrected chi connectivity index (χ1v) is 6.81. The van der Waals surface area contributed by atoms with Gasteiger partial charge in [-0.2, -0.15) is 0 Å². The van der Waals surface area contributed by atoms with Gasteiger partial charge in [-0.1, -0.05) is 25.3 Å². The van der Waals surface area contributed by atoms with E-state index in [0.717, 1.165) is 24.1 Å². The Morgan fingerprint density at radius 1 is 1.18 bits per heavy atom. The van der Waals surface area contributed by atoms with E-state index in [0.29, 0.717) is 5.92 Å². The Labute approximate surface area is 103 Å². The van der Waals surface area contributed by atoms with Crippen LogP contribution in [-0.2, 0) is 12.0 Å². The second-order valence-corrected chi connectivity index (χ2v) is 5.68. The average Bonchev–Trinajstić information content (AvgIpc) is 2.69. The molecule has 1 aromatic rings. The summed E-state index contributed by atoms with van der Waals surface area (Å²) in [4.78, 5) is 0. The van der Waals surface area contributed by atoms with E-state index in [-0.39, 0.29) is 0 Å². The Morgan fingerprint density at radius 3 is 2.71 bits per heavy atom. The fourth-order valence-electron chi connectivity index (χ4n) is 3.71. The van der Waals surface area contributed by atoms with Gasteiger partial charge in [-0.05, 0) is 54.9 Å². The summed E-state index contributed by atoms with van der Waals surface area (Å²) in [5.41, 5.74) is 8.48. The fraction of sp³-hybridized carbons (Fsp3) is 0.600. The van der Waals surface area contributed by atoms with Crippen molar-refractivity contribution in [2.75, 3.05) is 5.73 Å². The molecule has 2 aliphatic carbocycles. The first kappa shape index (κ1) is 11.1. The maximum atomic E-state index is 11.0. The molecule has 3 rings (SSSR count). The Morgan fingerprint density at radius 2 is 1.94 bits per heavy atom. The highest BCUT2D eigenvalue weighted by molar-refractivity contribution is 5.49. The number of nitrogens with two attached hydrogens (primary N) is 1. The standard InChI is InChI=1S/C15H21NO/c16-13-6-7-14-11(10-13)8-9-15(14,17)12-4-2-1-3-5-12/h6-7,10,12,17H,1-5,8-9,16H2. The number of benzene rings is 1. The van der Waals surface area contributed by atoms with E-state index in [4.69, 9.17) is 5.73 Å². The van der Waals surface area contributed by atoms with Gasteiger partial charge in [0.2, 0.25) is 0 Å². The second kappa shape index (κ2) is 4.02. The van der Waals surface area contributed by atoms with E-state index in [1.54, 1.807) is 0 Å². The molecule has 1 fully saturated rings. The molecule has 2 nitrogen and oxygen atoms in total. The van der Waals surface area contributed by atoms with Gasteiger partial charge in [0.05, 0.1) is 5.60 Å². The maximum Gasteiger partial charge on any atom is 0.0930 e. The Hall–Kier alpha value is -1.02. The topological polar surface area (TPSA) is 46.2 Å². The van der Waals surface area contributed by atoms with Crippen LogP contribution in [0.5, 0.6) is 0 Å². The highest BCUT2D eigenvalue weighted by atomic mass is 16.3. The fourth-order valence-corrected chi connectivity index (χ4v) is 3.71. The number of rotatable bonds is 1. The zero-order chi connectivity index (χ0) is 11.9. The number of hydrogen-bond acceptors (Lipinski definition) is 2. The lowest BCUT2D eigenvalue weighted by Gasteiger charge is -2.36. The summed E-state index contributed by atoms with van der Waals surface area (Å²) >= 11 is 0. The predicted octanol–water partition coefficient (Wildman–Crippen LogP) is 2.98. The lowest BCUT2D eigenvalue weighted by atomic mass is 9.74. The zero-order valence-corrected chi connectivity index (χ0v) is 10.3. The van der Waals surface area contributed by atoms with Crippen molar-refractivity contribution in [2.24, 2.45) is 5.92 Å². The molecule has 1 aromatic carbocycles. The third-order valence-corrected chi connectivity index (χ3v) is 4.65. The molecule has 2 aliphatic rings. The zero-order valence-electron chi connectivity index (χ0n) is 10.3. The van der Waals surface area contributed by atoms with Gasteiger partial charge in [0.25, 0.3) is 0 Å². The molecular weight excluding hydrogens is 210 g/mol. The van der Waals surface area contributed by atoms with Crippen molar-refractivity contribution in [3.05, 3.63) is 29.3 Å². The predicted molar refractivity (Wildman–Crippen MR) is 69.6 cm³/mol. The summed E-state index contributed by atoms with van der Waals surface area (Å²) in [6, 6.07) is 6.01. The summed E-state index contributed by atoms with van der Waals surface area (Å²) < 4.78 is 0. The molecule has 92 valence electrons. The van der Waals surface area contributed by atoms with Crippen LogP contribution in [0.25, 0.3) is 0 Å². The molecule has 0 radical (unpaired) electrons. The quantitative estimate of drug-likeness (QED) is 0.730. The minimum absolute atomic E-state index is 0.459. The van der Waals surface area contributed by atoms with Gasteiger partial charge in [-0.3, -0.25) is 0 Å². The highest BCUT2D eigenvalue weighted by Crippen LogP contribution is 2.47. The van der Waals surface area contributed by atoms with E-state index in [9.17, 15) is 5.11 Å². The molecule has 2 heteroatoms. The van der Waals surface area contributed by atoms with Crippen LogP contribution in [0.15, 0.2) is 18.2 Å². The van der Waals surface area contributed by atoms with Crippen LogP contribution in [0.1, 0.15) is 49.7 Å². The number of hydrogen-bond donors (Lipinski definition) is 2. The Kier molecular flexibility index (Phi) is 2.62. The van der Waals surface area contributed by atoms with E-state index >= 15 is 0 Å². The molecule has 0 amide bonds. The lowest BCUT2D eigenvalue weighted by Crippen LogP contribution is -2.34. The third-order valence-electron chi connectivity index (χ3n) is 4.65. The van der Waals surface area contributed by atoms with Crippen LogP contribution in [-0.4, -0.2) is 5.11 Å². The monoisotopic (exact) mass is 231 g/mol. The Balaban J connectivity index is 1.95. The number of fused-ring (bicyclic) bond motifs is 1. The molecule has 0 saturated heterocycles. The van der Waals surface area contributed by atoms with Crippen molar-refractivity contribution in [3.63, 3.8) is 0 Å². The van der Waals surface area contributed by atoms with E-state index in [1.807, 2.05) is 18.2 Å². The van der Waals surface area contributed by atoms with Crippen LogP contribution >= 0.6 is 0 Å². The van der Waals surface area contributed by atoms with Gasteiger partial charge in [0, 0.05) is 5.69 Å². The van der Waals surface area contributed by atoms with Gasteiger partial charge in [0.15, 0.2) is 0 Å². The Bertz CT molecular complexity index is 423. The van der Waals surface area contributed by atoms with E-state index < -0.39 is 5.60 Å². The van der Waals surface area contributed by atoms with Crippen molar-refractivity contribution < 1.29 is 5.11 Å². The molecule has 0 heterocycles. The smallest absolute Gasteiger partial charge is 0.0930 e. The lowest BCUT2D eigenvalue weighted by molar-refractivity contribution is -0.0369. The third kappa shape index (κ3) is 1.75. The molecule has 1 saturated carbocycles. The molecule has 3 N–H and O–H groups in total. The van der Waals surface area contributed by atoms with Gasteiger partial charge in [0.1, 0.15) is 0 Å². The van der Waals surface area contributed by atoms with E-state index in [1.165, 1.54) is 37.7 Å². The maximum absolute atomic E-state index is 11.0. The minimum atomic E-state index is -0.566. The summed E-state index contributed by atoms with van der Waals surface area (Å²) in [6.45, 7) is 0. The molecule has 0 aromatic heterocycles. The summed E-state index contributed by atoms with van der Waals surface area (Å²) in [5.74, 6) is 0.459. The van der Waals surface area contributed by atoms with Crippen LogP contribution in [0.4, 0.5) is 5.69 Å². The highest BCUT2D eigenvalue weighted by Gasteiger charge is 2.43. The van der Waals surface area contributed by atoms with Crippen molar-refractivity contribution in [2.45, 2.75) is 50.5 Å². The molecule has 0 aliphatic heterocycles. The first-order chi connectivity index (χ1) is 8.20. The summed E-state index contributed by atoms with van der Waals surface area (Å²) in [5, 5.41) is 11.0. The summed E-state index contributed by atoms with van der Waals surface area (Å²) in [6.07, 6.45) is 8.11. The van der Waals surface area contributed by atoms with Gasteiger partial charge in [-0.25, -0.2) is 0 Å². The van der Waals surface area contributed by atoms with E-state index in [2.05, 4.69) is 0 Å². The molecular formula is C15H21NO. The first-order valence-electron chi connectivity index (χ1n) is 6.81. The van der Waals surface area contributed by atoms with Crippen molar-refractivity contribution in [1.82, 2.24) is 0 Å².